The van der Waals surface area contributed by atoms with Gasteiger partial charge in [0.15, 0.2) is 5.96 Å². The standard InChI is InChI=1S/C17H33N5O.HI/c1-13(2)12-22-9-5-4-6-15(22)11-20-17(18-3)21-14-7-8-16(23)19-10-14;/h13-15H,4-12H2,1-3H3,(H,19,23)(H2,18,20,21);1H. The van der Waals surface area contributed by atoms with Crippen molar-refractivity contribution in [1.82, 2.24) is 20.9 Å². The first kappa shape index (κ1) is 21.5. The summed E-state index contributed by atoms with van der Waals surface area (Å²) in [5.41, 5.74) is 0. The van der Waals surface area contributed by atoms with Crippen molar-refractivity contribution >= 4 is 35.8 Å². The number of likely N-dealkylation sites (tertiary alicyclic amines) is 1. The number of guanidine groups is 1. The van der Waals surface area contributed by atoms with Gasteiger partial charge < -0.3 is 16.0 Å². The zero-order valence-corrected chi connectivity index (χ0v) is 17.6. The summed E-state index contributed by atoms with van der Waals surface area (Å²) in [6.07, 6.45) is 5.37. The first-order valence-electron chi connectivity index (χ1n) is 9.06. The van der Waals surface area contributed by atoms with Crippen LogP contribution in [0.15, 0.2) is 4.99 Å². The summed E-state index contributed by atoms with van der Waals surface area (Å²) in [6, 6.07) is 0.868. The molecule has 2 atom stereocenters. The van der Waals surface area contributed by atoms with Gasteiger partial charge in [0.2, 0.25) is 5.91 Å². The maximum atomic E-state index is 11.2. The fourth-order valence-electron chi connectivity index (χ4n) is 3.46. The molecule has 0 radical (unpaired) electrons. The van der Waals surface area contributed by atoms with Gasteiger partial charge in [-0.2, -0.15) is 0 Å². The van der Waals surface area contributed by atoms with Crippen molar-refractivity contribution in [3.8, 4) is 0 Å². The SMILES string of the molecule is CN=C(NCC1CCCCN1CC(C)C)NC1CCC(=O)NC1.I. The Hall–Kier alpha value is -0.570. The van der Waals surface area contributed by atoms with Crippen LogP contribution in [0.3, 0.4) is 0 Å². The van der Waals surface area contributed by atoms with E-state index in [9.17, 15) is 4.79 Å². The second-order valence-electron chi connectivity index (χ2n) is 7.18. The molecule has 2 aliphatic heterocycles. The third-order valence-electron chi connectivity index (χ3n) is 4.68. The minimum atomic E-state index is 0. The maximum absolute atomic E-state index is 11.2. The molecule has 24 heavy (non-hydrogen) atoms. The van der Waals surface area contributed by atoms with Gasteiger partial charge in [-0.05, 0) is 31.7 Å². The lowest BCUT2D eigenvalue weighted by molar-refractivity contribution is -0.122. The van der Waals surface area contributed by atoms with Crippen LogP contribution in [0.25, 0.3) is 0 Å². The number of aliphatic imine (C=N–C) groups is 1. The number of nitrogens with zero attached hydrogens (tertiary/aromatic N) is 2. The van der Waals surface area contributed by atoms with Gasteiger partial charge in [-0.3, -0.25) is 14.7 Å². The normalized spacial score (nSPS) is 25.8. The summed E-state index contributed by atoms with van der Waals surface area (Å²) in [6.45, 7) is 8.58. The number of hydrogen-bond donors (Lipinski definition) is 3. The number of amides is 1. The van der Waals surface area contributed by atoms with Crippen LogP contribution in [0.4, 0.5) is 0 Å². The zero-order valence-electron chi connectivity index (χ0n) is 15.3. The van der Waals surface area contributed by atoms with Crippen molar-refractivity contribution in [2.75, 3.05) is 33.2 Å². The van der Waals surface area contributed by atoms with E-state index in [0.29, 0.717) is 24.9 Å². The van der Waals surface area contributed by atoms with Gasteiger partial charge in [0.05, 0.1) is 0 Å². The molecule has 7 heteroatoms. The van der Waals surface area contributed by atoms with Crippen LogP contribution >= 0.6 is 24.0 Å². The Balaban J connectivity index is 0.00000288. The number of hydrogen-bond acceptors (Lipinski definition) is 3. The van der Waals surface area contributed by atoms with E-state index >= 15 is 0 Å². The van der Waals surface area contributed by atoms with Gasteiger partial charge in [-0.15, -0.1) is 24.0 Å². The van der Waals surface area contributed by atoms with Gasteiger partial charge >= 0.3 is 0 Å². The Morgan fingerprint density at radius 1 is 1.38 bits per heavy atom. The zero-order chi connectivity index (χ0) is 16.7. The molecule has 0 aromatic carbocycles. The molecule has 0 bridgehead atoms. The molecular formula is C17H34IN5O. The summed E-state index contributed by atoms with van der Waals surface area (Å²) in [5.74, 6) is 1.71. The quantitative estimate of drug-likeness (QED) is 0.337. The second kappa shape index (κ2) is 11.1. The molecule has 0 aromatic heterocycles. The number of halogens is 1. The molecule has 2 fully saturated rings. The highest BCUT2D eigenvalue weighted by atomic mass is 127. The van der Waals surface area contributed by atoms with E-state index in [1.54, 1.807) is 0 Å². The lowest BCUT2D eigenvalue weighted by Gasteiger charge is -2.37. The van der Waals surface area contributed by atoms with E-state index in [1.807, 2.05) is 7.05 Å². The summed E-state index contributed by atoms with van der Waals surface area (Å²) < 4.78 is 0. The Kier molecular flexibility index (Phi) is 9.95. The molecular weight excluding hydrogens is 417 g/mol. The van der Waals surface area contributed by atoms with E-state index in [4.69, 9.17) is 0 Å². The number of carbonyl (C=O) groups is 1. The summed E-state index contributed by atoms with van der Waals surface area (Å²) in [5, 5.41) is 9.82. The van der Waals surface area contributed by atoms with E-state index in [2.05, 4.69) is 39.7 Å². The Morgan fingerprint density at radius 3 is 2.79 bits per heavy atom. The first-order valence-corrected chi connectivity index (χ1v) is 9.06. The number of rotatable bonds is 5. The Labute approximate surface area is 163 Å². The van der Waals surface area contributed by atoms with Crippen LogP contribution in [-0.2, 0) is 4.79 Å². The highest BCUT2D eigenvalue weighted by Gasteiger charge is 2.24. The minimum absolute atomic E-state index is 0. The van der Waals surface area contributed by atoms with Crippen LogP contribution in [0, 0.1) is 5.92 Å². The lowest BCUT2D eigenvalue weighted by Crippen LogP contribution is -2.54. The van der Waals surface area contributed by atoms with Crippen molar-refractivity contribution in [3.63, 3.8) is 0 Å². The summed E-state index contributed by atoms with van der Waals surface area (Å²) >= 11 is 0. The molecule has 6 nitrogen and oxygen atoms in total. The maximum Gasteiger partial charge on any atom is 0.220 e. The average Bonchev–Trinajstić information content (AvgIpc) is 2.54. The fourth-order valence-corrected chi connectivity index (χ4v) is 3.46. The third kappa shape index (κ3) is 7.13. The summed E-state index contributed by atoms with van der Waals surface area (Å²) in [7, 11) is 1.81. The topological polar surface area (TPSA) is 68.8 Å². The lowest BCUT2D eigenvalue weighted by atomic mass is 10.0. The van der Waals surface area contributed by atoms with Gasteiger partial charge in [0.1, 0.15) is 0 Å². The van der Waals surface area contributed by atoms with Gasteiger partial charge in [0, 0.05) is 45.2 Å². The van der Waals surface area contributed by atoms with Crippen LogP contribution in [0.1, 0.15) is 46.0 Å². The van der Waals surface area contributed by atoms with Crippen molar-refractivity contribution in [2.24, 2.45) is 10.9 Å². The van der Waals surface area contributed by atoms with Crippen LogP contribution < -0.4 is 16.0 Å². The molecule has 2 unspecified atom stereocenters. The second-order valence-corrected chi connectivity index (χ2v) is 7.18. The van der Waals surface area contributed by atoms with E-state index in [1.165, 1.54) is 32.4 Å². The van der Waals surface area contributed by atoms with Crippen molar-refractivity contribution < 1.29 is 4.79 Å². The number of piperidine rings is 2. The van der Waals surface area contributed by atoms with Crippen molar-refractivity contribution in [3.05, 3.63) is 0 Å². The summed E-state index contributed by atoms with van der Waals surface area (Å²) in [4.78, 5) is 18.2. The van der Waals surface area contributed by atoms with E-state index in [-0.39, 0.29) is 35.9 Å². The van der Waals surface area contributed by atoms with Crippen LogP contribution in [-0.4, -0.2) is 62.1 Å². The molecule has 2 rings (SSSR count). The van der Waals surface area contributed by atoms with Gasteiger partial charge in [-0.25, -0.2) is 0 Å². The van der Waals surface area contributed by atoms with Gasteiger partial charge in [0.25, 0.3) is 0 Å². The molecule has 2 heterocycles. The molecule has 0 spiro atoms. The van der Waals surface area contributed by atoms with E-state index < -0.39 is 0 Å². The molecule has 1 amide bonds. The van der Waals surface area contributed by atoms with Crippen molar-refractivity contribution in [1.29, 1.82) is 0 Å². The highest BCUT2D eigenvalue weighted by molar-refractivity contribution is 14.0. The Bertz CT molecular complexity index is 406. The molecule has 0 saturated carbocycles. The van der Waals surface area contributed by atoms with Gasteiger partial charge in [-0.1, -0.05) is 20.3 Å². The Morgan fingerprint density at radius 2 is 2.17 bits per heavy atom. The number of carbonyl (C=O) groups excluding carboxylic acids is 1. The molecule has 140 valence electrons. The van der Waals surface area contributed by atoms with Crippen LogP contribution in [0.2, 0.25) is 0 Å². The van der Waals surface area contributed by atoms with Crippen molar-refractivity contribution in [2.45, 2.75) is 58.0 Å². The smallest absolute Gasteiger partial charge is 0.220 e. The molecule has 0 aliphatic carbocycles. The van der Waals surface area contributed by atoms with Crippen LogP contribution in [0.5, 0.6) is 0 Å². The molecule has 0 aromatic rings. The predicted octanol–water partition coefficient (Wildman–Crippen LogP) is 1.56. The monoisotopic (exact) mass is 451 g/mol. The fraction of sp³-hybridized carbons (Fsp3) is 0.882. The number of nitrogens with one attached hydrogen (secondary N) is 3. The minimum Gasteiger partial charge on any atom is -0.355 e. The van der Waals surface area contributed by atoms with E-state index in [0.717, 1.165) is 18.9 Å². The molecule has 3 N–H and O–H groups in total. The molecule has 2 aliphatic rings. The largest absolute Gasteiger partial charge is 0.355 e. The highest BCUT2D eigenvalue weighted by Crippen LogP contribution is 2.17. The predicted molar refractivity (Wildman–Crippen MR) is 110 cm³/mol. The first-order chi connectivity index (χ1) is 11.1. The average molecular weight is 451 g/mol. The third-order valence-corrected chi connectivity index (χ3v) is 4.68. The molecule has 2 saturated heterocycles.